The van der Waals surface area contributed by atoms with Crippen LogP contribution in [0.25, 0.3) is 11.5 Å². The molecule has 2 aromatic rings. The smallest absolute Gasteiger partial charge is 0.226 e. The zero-order valence-electron chi connectivity index (χ0n) is 6.42. The molecule has 1 radical (unpaired) electrons. The molecule has 0 aliphatic heterocycles. The molecule has 0 fully saturated rings. The standard InChI is InChI=1S/C9H4Br2NO/c10-7-3-6(4-8(11)5-7)9-12-1-2-13-9/h2-5H. The first kappa shape index (κ1) is 8.97. The maximum atomic E-state index is 5.12. The molecule has 0 unspecified atom stereocenters. The second-order valence-corrected chi connectivity index (χ2v) is 4.27. The fourth-order valence-electron chi connectivity index (χ4n) is 1.00. The van der Waals surface area contributed by atoms with Crippen molar-refractivity contribution in [1.29, 1.82) is 0 Å². The SMILES string of the molecule is Brc1cc(Br)cc(-c2n[c]co2)c1. The lowest BCUT2D eigenvalue weighted by molar-refractivity contribution is 0.574. The van der Waals surface area contributed by atoms with E-state index in [-0.39, 0.29) is 0 Å². The normalized spacial score (nSPS) is 10.3. The third-order valence-electron chi connectivity index (χ3n) is 1.50. The lowest BCUT2D eigenvalue weighted by Gasteiger charge is -1.97. The van der Waals surface area contributed by atoms with E-state index >= 15 is 0 Å². The molecule has 0 saturated carbocycles. The van der Waals surface area contributed by atoms with Crippen molar-refractivity contribution in [3.05, 3.63) is 39.6 Å². The van der Waals surface area contributed by atoms with Gasteiger partial charge < -0.3 is 4.42 Å². The van der Waals surface area contributed by atoms with Gasteiger partial charge in [0.2, 0.25) is 5.89 Å². The van der Waals surface area contributed by atoms with Crippen LogP contribution in [0.1, 0.15) is 0 Å². The Hall–Kier alpha value is -0.610. The average Bonchev–Trinajstić information content (AvgIpc) is 2.53. The molecule has 4 heteroatoms. The van der Waals surface area contributed by atoms with Gasteiger partial charge in [-0.1, -0.05) is 31.9 Å². The molecule has 0 atom stereocenters. The van der Waals surface area contributed by atoms with E-state index < -0.39 is 0 Å². The van der Waals surface area contributed by atoms with Gasteiger partial charge in [0.05, 0.1) is 0 Å². The fourth-order valence-corrected chi connectivity index (χ4v) is 2.30. The van der Waals surface area contributed by atoms with Gasteiger partial charge in [-0.3, -0.25) is 0 Å². The Balaban J connectivity index is 2.53. The Morgan fingerprint density at radius 2 is 1.85 bits per heavy atom. The molecule has 0 aliphatic rings. The minimum atomic E-state index is 0.571. The Morgan fingerprint density at radius 3 is 2.38 bits per heavy atom. The van der Waals surface area contributed by atoms with E-state index in [4.69, 9.17) is 4.42 Å². The number of halogens is 2. The van der Waals surface area contributed by atoms with Gasteiger partial charge >= 0.3 is 0 Å². The first-order chi connectivity index (χ1) is 6.25. The Morgan fingerprint density at radius 1 is 1.15 bits per heavy atom. The minimum Gasteiger partial charge on any atom is -0.444 e. The van der Waals surface area contributed by atoms with Crippen LogP contribution in [0.4, 0.5) is 0 Å². The summed E-state index contributed by atoms with van der Waals surface area (Å²) in [6.45, 7) is 0. The highest BCUT2D eigenvalue weighted by molar-refractivity contribution is 9.11. The van der Waals surface area contributed by atoms with E-state index in [1.165, 1.54) is 6.26 Å². The zero-order valence-corrected chi connectivity index (χ0v) is 9.59. The number of rotatable bonds is 1. The maximum Gasteiger partial charge on any atom is 0.226 e. The molecule has 0 spiro atoms. The third-order valence-corrected chi connectivity index (χ3v) is 2.41. The second-order valence-electron chi connectivity index (χ2n) is 2.44. The molecule has 1 aromatic carbocycles. The topological polar surface area (TPSA) is 26.0 Å². The van der Waals surface area contributed by atoms with E-state index in [0.717, 1.165) is 14.5 Å². The van der Waals surface area contributed by atoms with Crippen molar-refractivity contribution in [2.45, 2.75) is 0 Å². The molecule has 2 nitrogen and oxygen atoms in total. The van der Waals surface area contributed by atoms with Crippen LogP contribution in [0.2, 0.25) is 0 Å². The molecule has 13 heavy (non-hydrogen) atoms. The molecule has 1 aromatic heterocycles. The second kappa shape index (κ2) is 3.64. The summed E-state index contributed by atoms with van der Waals surface area (Å²) in [6, 6.07) is 5.82. The van der Waals surface area contributed by atoms with Gasteiger partial charge in [0.25, 0.3) is 0 Å². The lowest BCUT2D eigenvalue weighted by atomic mass is 10.2. The predicted molar refractivity (Wildman–Crippen MR) is 56.2 cm³/mol. The van der Waals surface area contributed by atoms with E-state index in [2.05, 4.69) is 43.0 Å². The van der Waals surface area contributed by atoms with Crippen LogP contribution >= 0.6 is 31.9 Å². The molecule has 0 saturated heterocycles. The number of hydrogen-bond acceptors (Lipinski definition) is 2. The quantitative estimate of drug-likeness (QED) is 0.803. The summed E-state index contributed by atoms with van der Waals surface area (Å²) < 4.78 is 7.08. The summed E-state index contributed by atoms with van der Waals surface area (Å²) in [5.74, 6) is 0.571. The van der Waals surface area contributed by atoms with Crippen molar-refractivity contribution in [1.82, 2.24) is 4.98 Å². The van der Waals surface area contributed by atoms with Crippen molar-refractivity contribution in [3.63, 3.8) is 0 Å². The predicted octanol–water partition coefficient (Wildman–Crippen LogP) is 3.67. The molecule has 0 bridgehead atoms. The van der Waals surface area contributed by atoms with Crippen molar-refractivity contribution in [2.75, 3.05) is 0 Å². The van der Waals surface area contributed by atoms with Gasteiger partial charge in [-0.25, -0.2) is 4.98 Å². The summed E-state index contributed by atoms with van der Waals surface area (Å²) >= 11 is 6.78. The van der Waals surface area contributed by atoms with Crippen LogP contribution in [-0.2, 0) is 0 Å². The van der Waals surface area contributed by atoms with Gasteiger partial charge in [0, 0.05) is 14.5 Å². The summed E-state index contributed by atoms with van der Waals surface area (Å²) in [6.07, 6.45) is 4.05. The van der Waals surface area contributed by atoms with Crippen LogP contribution in [0.3, 0.4) is 0 Å². The summed E-state index contributed by atoms with van der Waals surface area (Å²) in [7, 11) is 0. The largest absolute Gasteiger partial charge is 0.444 e. The molecule has 0 aliphatic carbocycles. The number of benzene rings is 1. The monoisotopic (exact) mass is 300 g/mol. The van der Waals surface area contributed by atoms with Gasteiger partial charge in [-0.05, 0) is 18.2 Å². The molecule has 0 N–H and O–H groups in total. The van der Waals surface area contributed by atoms with Crippen molar-refractivity contribution >= 4 is 31.9 Å². The molecule has 65 valence electrons. The average molecular weight is 302 g/mol. The van der Waals surface area contributed by atoms with E-state index in [0.29, 0.717) is 5.89 Å². The summed E-state index contributed by atoms with van der Waals surface area (Å²) in [5, 5.41) is 0. The molecular formula is C9H4Br2NO. The van der Waals surface area contributed by atoms with Crippen LogP contribution in [0, 0.1) is 6.20 Å². The first-order valence-electron chi connectivity index (χ1n) is 3.54. The number of oxazole rings is 1. The highest BCUT2D eigenvalue weighted by atomic mass is 79.9. The number of hydrogen-bond donors (Lipinski definition) is 0. The summed E-state index contributed by atoms with van der Waals surface area (Å²) in [5.41, 5.74) is 0.919. The van der Waals surface area contributed by atoms with Crippen LogP contribution in [0.15, 0.2) is 37.8 Å². The Labute approximate surface area is 92.2 Å². The number of aromatic nitrogens is 1. The van der Waals surface area contributed by atoms with Crippen LogP contribution in [0.5, 0.6) is 0 Å². The fraction of sp³-hybridized carbons (Fsp3) is 0. The van der Waals surface area contributed by atoms with Crippen molar-refractivity contribution in [2.24, 2.45) is 0 Å². The van der Waals surface area contributed by atoms with E-state index in [1.807, 2.05) is 18.2 Å². The van der Waals surface area contributed by atoms with Crippen LogP contribution < -0.4 is 0 Å². The highest BCUT2D eigenvalue weighted by Gasteiger charge is 2.04. The van der Waals surface area contributed by atoms with Gasteiger partial charge in [-0.2, -0.15) is 0 Å². The Kier molecular flexibility index (Phi) is 2.51. The zero-order chi connectivity index (χ0) is 9.26. The third kappa shape index (κ3) is 2.00. The van der Waals surface area contributed by atoms with Crippen LogP contribution in [-0.4, -0.2) is 4.98 Å². The first-order valence-corrected chi connectivity index (χ1v) is 5.12. The van der Waals surface area contributed by atoms with Gasteiger partial charge in [-0.15, -0.1) is 0 Å². The Bertz CT molecular complexity index is 391. The molecule has 2 rings (SSSR count). The van der Waals surface area contributed by atoms with Gasteiger partial charge in [0.1, 0.15) is 12.5 Å². The minimum absolute atomic E-state index is 0.571. The molecule has 0 amide bonds. The van der Waals surface area contributed by atoms with E-state index in [9.17, 15) is 0 Å². The molecular weight excluding hydrogens is 298 g/mol. The number of nitrogens with zero attached hydrogens (tertiary/aromatic N) is 1. The maximum absolute atomic E-state index is 5.12. The lowest BCUT2D eigenvalue weighted by Crippen LogP contribution is -1.77. The van der Waals surface area contributed by atoms with Crippen molar-refractivity contribution in [3.8, 4) is 11.5 Å². The summed E-state index contributed by atoms with van der Waals surface area (Å²) in [4.78, 5) is 3.94. The highest BCUT2D eigenvalue weighted by Crippen LogP contribution is 2.26. The van der Waals surface area contributed by atoms with Gasteiger partial charge in [0.15, 0.2) is 0 Å². The van der Waals surface area contributed by atoms with Crippen molar-refractivity contribution < 1.29 is 4.42 Å². The molecule has 1 heterocycles. The van der Waals surface area contributed by atoms with E-state index in [1.54, 1.807) is 0 Å².